The van der Waals surface area contributed by atoms with Gasteiger partial charge < -0.3 is 23.7 Å². The van der Waals surface area contributed by atoms with E-state index in [1.807, 2.05) is 26.0 Å². The van der Waals surface area contributed by atoms with Gasteiger partial charge in [0.2, 0.25) is 12.7 Å². The molecular formula is C25H25N3O7. The fraction of sp³-hybridized carbons (Fsp3) is 0.280. The summed E-state index contributed by atoms with van der Waals surface area (Å²) in [7, 11) is 0. The molecule has 1 aliphatic heterocycles. The van der Waals surface area contributed by atoms with E-state index >= 15 is 0 Å². The molecule has 2 amide bonds. The second-order valence-electron chi connectivity index (χ2n) is 8.35. The number of amides is 2. The summed E-state index contributed by atoms with van der Waals surface area (Å²) in [6.07, 6.45) is 1.54. The van der Waals surface area contributed by atoms with E-state index in [4.69, 9.17) is 13.9 Å². The molecule has 0 atom stereocenters. The number of nitro groups is 1. The number of nitrogens with zero attached hydrogens (tertiary/aromatic N) is 3. The maximum Gasteiger partial charge on any atom is 0.269 e. The first-order chi connectivity index (χ1) is 16.8. The van der Waals surface area contributed by atoms with Crippen molar-refractivity contribution in [3.05, 3.63) is 87.9 Å². The number of carbonyl (C=O) groups is 2. The molecule has 0 saturated carbocycles. The zero-order valence-corrected chi connectivity index (χ0v) is 19.4. The van der Waals surface area contributed by atoms with E-state index < -0.39 is 4.92 Å². The van der Waals surface area contributed by atoms with Crippen LogP contribution in [0.1, 0.15) is 35.5 Å². The SMILES string of the molecule is CC(C)N(CC(=O)N(Cc1ccc2c(c1)OCO2)Cc1ccco1)C(=O)c1ccc([N+](=O)[O-])cc1. The van der Waals surface area contributed by atoms with Gasteiger partial charge in [-0.15, -0.1) is 0 Å². The maximum absolute atomic E-state index is 13.4. The predicted molar refractivity (Wildman–Crippen MR) is 125 cm³/mol. The molecule has 10 nitrogen and oxygen atoms in total. The van der Waals surface area contributed by atoms with E-state index in [9.17, 15) is 19.7 Å². The van der Waals surface area contributed by atoms with Crippen LogP contribution in [0.15, 0.2) is 65.3 Å². The molecule has 0 aliphatic carbocycles. The second-order valence-corrected chi connectivity index (χ2v) is 8.35. The first kappa shape index (κ1) is 23.8. The molecule has 0 fully saturated rings. The molecule has 182 valence electrons. The molecule has 1 aliphatic rings. The predicted octanol–water partition coefficient (Wildman–Crippen LogP) is 4.00. The maximum atomic E-state index is 13.4. The Balaban J connectivity index is 1.53. The standard InChI is InChI=1S/C25H25N3O7/c1-17(2)27(25(30)19-6-8-20(9-7-19)28(31)32)15-24(29)26(14-21-4-3-11-33-21)13-18-5-10-22-23(12-18)35-16-34-22/h3-12,17H,13-16H2,1-2H3. The lowest BCUT2D eigenvalue weighted by atomic mass is 10.1. The molecule has 1 aromatic heterocycles. The lowest BCUT2D eigenvalue weighted by Crippen LogP contribution is -2.45. The highest BCUT2D eigenvalue weighted by molar-refractivity contribution is 5.96. The van der Waals surface area contributed by atoms with E-state index in [1.54, 1.807) is 23.1 Å². The monoisotopic (exact) mass is 479 g/mol. The Labute approximate surface area is 201 Å². The van der Waals surface area contributed by atoms with Crippen LogP contribution in [0.4, 0.5) is 5.69 Å². The molecular weight excluding hydrogens is 454 g/mol. The first-order valence-electron chi connectivity index (χ1n) is 11.1. The quantitative estimate of drug-likeness (QED) is 0.336. The van der Waals surface area contributed by atoms with Gasteiger partial charge in [-0.25, -0.2) is 0 Å². The minimum absolute atomic E-state index is 0.109. The number of rotatable bonds is 9. The van der Waals surface area contributed by atoms with Crippen LogP contribution in [0.2, 0.25) is 0 Å². The number of ether oxygens (including phenoxy) is 2. The van der Waals surface area contributed by atoms with Crippen molar-refractivity contribution < 1.29 is 28.4 Å². The fourth-order valence-corrected chi connectivity index (χ4v) is 3.71. The van der Waals surface area contributed by atoms with Crippen LogP contribution in [0.25, 0.3) is 0 Å². The minimum Gasteiger partial charge on any atom is -0.467 e. The molecule has 4 rings (SSSR count). The Kier molecular flexibility index (Phi) is 7.00. The normalized spacial score (nSPS) is 12.0. The van der Waals surface area contributed by atoms with Gasteiger partial charge in [0.15, 0.2) is 11.5 Å². The van der Waals surface area contributed by atoms with Crippen molar-refractivity contribution in [3.8, 4) is 11.5 Å². The summed E-state index contributed by atoms with van der Waals surface area (Å²) < 4.78 is 16.3. The molecule has 0 N–H and O–H groups in total. The number of benzene rings is 2. The molecule has 0 radical (unpaired) electrons. The zero-order valence-electron chi connectivity index (χ0n) is 19.4. The topological polar surface area (TPSA) is 115 Å². The Bertz CT molecular complexity index is 1210. The molecule has 0 unspecified atom stereocenters. The van der Waals surface area contributed by atoms with Crippen molar-refractivity contribution in [2.45, 2.75) is 33.0 Å². The van der Waals surface area contributed by atoms with Crippen molar-refractivity contribution in [3.63, 3.8) is 0 Å². The summed E-state index contributed by atoms with van der Waals surface area (Å²) in [6, 6.07) is 14.1. The molecule has 2 heterocycles. The summed E-state index contributed by atoms with van der Waals surface area (Å²) in [4.78, 5) is 40.1. The molecule has 10 heteroatoms. The molecule has 35 heavy (non-hydrogen) atoms. The van der Waals surface area contributed by atoms with Gasteiger partial charge in [-0.1, -0.05) is 6.07 Å². The van der Waals surface area contributed by atoms with Crippen molar-refractivity contribution in [2.75, 3.05) is 13.3 Å². The smallest absolute Gasteiger partial charge is 0.269 e. The number of carbonyl (C=O) groups excluding carboxylic acids is 2. The highest BCUT2D eigenvalue weighted by Gasteiger charge is 2.26. The largest absolute Gasteiger partial charge is 0.467 e. The van der Waals surface area contributed by atoms with Gasteiger partial charge in [-0.2, -0.15) is 0 Å². The Morgan fingerprint density at radius 2 is 1.77 bits per heavy atom. The van der Waals surface area contributed by atoms with Gasteiger partial charge >= 0.3 is 0 Å². The molecule has 2 aromatic carbocycles. The Hall–Kier alpha value is -4.34. The number of hydrogen-bond acceptors (Lipinski definition) is 7. The number of fused-ring (bicyclic) bond motifs is 1. The zero-order chi connectivity index (χ0) is 24.9. The van der Waals surface area contributed by atoms with Crippen LogP contribution in [0, 0.1) is 10.1 Å². The van der Waals surface area contributed by atoms with E-state index in [-0.39, 0.29) is 55.5 Å². The number of non-ortho nitro benzene ring substituents is 1. The van der Waals surface area contributed by atoms with Gasteiger partial charge in [0.1, 0.15) is 12.3 Å². The van der Waals surface area contributed by atoms with Crippen molar-refractivity contribution in [2.24, 2.45) is 0 Å². The van der Waals surface area contributed by atoms with Crippen LogP contribution in [-0.2, 0) is 17.9 Å². The highest BCUT2D eigenvalue weighted by Crippen LogP contribution is 2.33. The summed E-state index contributed by atoms with van der Waals surface area (Å²) >= 11 is 0. The van der Waals surface area contributed by atoms with E-state index in [0.717, 1.165) is 5.56 Å². The third kappa shape index (κ3) is 5.60. The highest BCUT2D eigenvalue weighted by atomic mass is 16.7. The molecule has 0 saturated heterocycles. The van der Waals surface area contributed by atoms with Crippen molar-refractivity contribution >= 4 is 17.5 Å². The van der Waals surface area contributed by atoms with Crippen LogP contribution >= 0.6 is 0 Å². The van der Waals surface area contributed by atoms with E-state index in [1.165, 1.54) is 35.4 Å². The molecule has 3 aromatic rings. The van der Waals surface area contributed by atoms with Gasteiger partial charge in [0, 0.05) is 30.3 Å². The third-order valence-corrected chi connectivity index (χ3v) is 5.60. The fourth-order valence-electron chi connectivity index (χ4n) is 3.71. The van der Waals surface area contributed by atoms with Crippen LogP contribution in [0.5, 0.6) is 11.5 Å². The summed E-state index contributed by atoms with van der Waals surface area (Å²) in [5.74, 6) is 1.21. The Morgan fingerprint density at radius 3 is 2.43 bits per heavy atom. The Morgan fingerprint density at radius 1 is 1.03 bits per heavy atom. The van der Waals surface area contributed by atoms with Crippen molar-refractivity contribution in [1.82, 2.24) is 9.80 Å². The second kappa shape index (κ2) is 10.3. The summed E-state index contributed by atoms with van der Waals surface area (Å²) in [5.41, 5.74) is 1.000. The lowest BCUT2D eigenvalue weighted by molar-refractivity contribution is -0.384. The summed E-state index contributed by atoms with van der Waals surface area (Å²) in [6.45, 7) is 4.10. The first-order valence-corrected chi connectivity index (χ1v) is 11.1. The minimum atomic E-state index is -0.527. The molecule has 0 spiro atoms. The van der Waals surface area contributed by atoms with Crippen LogP contribution in [0.3, 0.4) is 0 Å². The summed E-state index contributed by atoms with van der Waals surface area (Å²) in [5, 5.41) is 10.9. The van der Waals surface area contributed by atoms with E-state index in [2.05, 4.69) is 0 Å². The number of furan rings is 1. The van der Waals surface area contributed by atoms with Gasteiger partial charge in [-0.05, 0) is 55.8 Å². The molecule has 0 bridgehead atoms. The average molecular weight is 479 g/mol. The van der Waals surface area contributed by atoms with Crippen molar-refractivity contribution in [1.29, 1.82) is 0 Å². The average Bonchev–Trinajstić information content (AvgIpc) is 3.53. The van der Waals surface area contributed by atoms with Crippen LogP contribution < -0.4 is 9.47 Å². The van der Waals surface area contributed by atoms with Gasteiger partial charge in [-0.3, -0.25) is 19.7 Å². The van der Waals surface area contributed by atoms with E-state index in [0.29, 0.717) is 17.3 Å². The van der Waals surface area contributed by atoms with Gasteiger partial charge in [0.25, 0.3) is 11.6 Å². The van der Waals surface area contributed by atoms with Crippen LogP contribution in [-0.4, -0.2) is 45.9 Å². The number of hydrogen-bond donors (Lipinski definition) is 0. The third-order valence-electron chi connectivity index (χ3n) is 5.60. The lowest BCUT2D eigenvalue weighted by Gasteiger charge is -2.30. The van der Waals surface area contributed by atoms with Gasteiger partial charge in [0.05, 0.1) is 17.7 Å². The number of nitro benzene ring substituents is 1.